The van der Waals surface area contributed by atoms with Crippen LogP contribution in [0.1, 0.15) is 41.0 Å². The van der Waals surface area contributed by atoms with Gasteiger partial charge in [0.1, 0.15) is 0 Å². The van der Waals surface area contributed by atoms with E-state index in [9.17, 15) is 4.79 Å². The van der Waals surface area contributed by atoms with Crippen molar-refractivity contribution in [2.75, 3.05) is 13.2 Å². The third-order valence-corrected chi connectivity index (χ3v) is 3.05. The molecule has 1 rings (SSSR count). The van der Waals surface area contributed by atoms with Crippen LogP contribution in [0.3, 0.4) is 0 Å². The fourth-order valence-electron chi connectivity index (χ4n) is 1.81. The average molecular weight is 228 g/mol. The monoisotopic (exact) mass is 228 g/mol. The van der Waals surface area contributed by atoms with Crippen LogP contribution in [0.15, 0.2) is 0 Å². The molecule has 2 atom stereocenters. The highest BCUT2D eigenvalue weighted by atomic mass is 16.5. The second-order valence-corrected chi connectivity index (χ2v) is 5.83. The Hall–Kier alpha value is -0.610. The number of hydrogen-bond acceptors (Lipinski definition) is 3. The molecule has 1 amide bonds. The van der Waals surface area contributed by atoms with Gasteiger partial charge in [-0.1, -0.05) is 0 Å². The highest BCUT2D eigenvalue weighted by Crippen LogP contribution is 2.24. The van der Waals surface area contributed by atoms with Crippen molar-refractivity contribution >= 4 is 5.91 Å². The Morgan fingerprint density at radius 1 is 1.50 bits per heavy atom. The van der Waals surface area contributed by atoms with Gasteiger partial charge in [-0.2, -0.15) is 0 Å². The highest BCUT2D eigenvalue weighted by molar-refractivity contribution is 5.78. The van der Waals surface area contributed by atoms with Gasteiger partial charge in [-0.05, 0) is 41.0 Å². The molecule has 16 heavy (non-hydrogen) atoms. The summed E-state index contributed by atoms with van der Waals surface area (Å²) in [4.78, 5) is 11.6. The number of ether oxygens (including phenoxy) is 1. The molecule has 94 valence electrons. The number of hydrogen-bond donors (Lipinski definition) is 2. The fourth-order valence-corrected chi connectivity index (χ4v) is 1.81. The van der Waals surface area contributed by atoms with Crippen molar-refractivity contribution in [1.82, 2.24) is 10.6 Å². The maximum atomic E-state index is 11.6. The Morgan fingerprint density at radius 2 is 2.12 bits per heavy atom. The number of amides is 1. The average Bonchev–Trinajstić information content (AvgIpc) is 2.42. The first-order chi connectivity index (χ1) is 7.23. The van der Waals surface area contributed by atoms with E-state index < -0.39 is 0 Å². The third kappa shape index (κ3) is 3.76. The van der Waals surface area contributed by atoms with E-state index in [-0.39, 0.29) is 23.1 Å². The highest BCUT2D eigenvalue weighted by Gasteiger charge is 2.36. The summed E-state index contributed by atoms with van der Waals surface area (Å²) >= 11 is 0. The topological polar surface area (TPSA) is 50.4 Å². The molecule has 1 saturated heterocycles. The van der Waals surface area contributed by atoms with Crippen LogP contribution < -0.4 is 10.6 Å². The van der Waals surface area contributed by atoms with Gasteiger partial charge in [0.2, 0.25) is 5.91 Å². The molecule has 0 aromatic heterocycles. The first-order valence-electron chi connectivity index (χ1n) is 5.91. The molecule has 4 nitrogen and oxygen atoms in total. The van der Waals surface area contributed by atoms with Crippen LogP contribution in [0.5, 0.6) is 0 Å². The number of carbonyl (C=O) groups excluding carboxylic acids is 1. The lowest BCUT2D eigenvalue weighted by Gasteiger charge is -2.29. The molecule has 1 heterocycles. The van der Waals surface area contributed by atoms with Crippen molar-refractivity contribution in [3.8, 4) is 0 Å². The van der Waals surface area contributed by atoms with Crippen molar-refractivity contribution < 1.29 is 9.53 Å². The fraction of sp³-hybridized carbons (Fsp3) is 0.917. The summed E-state index contributed by atoms with van der Waals surface area (Å²) in [7, 11) is 0. The molecule has 1 aliphatic rings. The first-order valence-corrected chi connectivity index (χ1v) is 5.91. The molecule has 0 bridgehead atoms. The van der Waals surface area contributed by atoms with Gasteiger partial charge in [0.25, 0.3) is 0 Å². The van der Waals surface area contributed by atoms with E-state index in [0.717, 1.165) is 13.0 Å². The van der Waals surface area contributed by atoms with Crippen LogP contribution in [-0.4, -0.2) is 36.2 Å². The predicted molar refractivity (Wildman–Crippen MR) is 64.3 cm³/mol. The smallest absolute Gasteiger partial charge is 0.234 e. The molecule has 1 fully saturated rings. The van der Waals surface area contributed by atoms with Crippen molar-refractivity contribution in [2.24, 2.45) is 0 Å². The second-order valence-electron chi connectivity index (χ2n) is 5.83. The molecule has 0 radical (unpaired) electrons. The van der Waals surface area contributed by atoms with E-state index >= 15 is 0 Å². The summed E-state index contributed by atoms with van der Waals surface area (Å²) in [5, 5.41) is 6.23. The summed E-state index contributed by atoms with van der Waals surface area (Å²) in [6.07, 6.45) is 1.12. The Morgan fingerprint density at radius 3 is 2.56 bits per heavy atom. The molecular formula is C12H24N2O2. The molecule has 1 aliphatic heterocycles. The number of rotatable bonds is 3. The number of nitrogens with one attached hydrogen (secondary N) is 2. The van der Waals surface area contributed by atoms with E-state index in [2.05, 4.69) is 17.6 Å². The van der Waals surface area contributed by atoms with Gasteiger partial charge >= 0.3 is 0 Å². The Bertz CT molecular complexity index is 260. The van der Waals surface area contributed by atoms with E-state index in [1.807, 2.05) is 27.7 Å². The van der Waals surface area contributed by atoms with Gasteiger partial charge in [0.05, 0.1) is 12.6 Å². The SMILES string of the molecule is CC1OCCC1(C)NCC(=O)NC(C)(C)C. The van der Waals surface area contributed by atoms with Crippen molar-refractivity contribution in [1.29, 1.82) is 0 Å². The Labute approximate surface area is 98.1 Å². The van der Waals surface area contributed by atoms with Crippen molar-refractivity contribution in [3.63, 3.8) is 0 Å². The van der Waals surface area contributed by atoms with Gasteiger partial charge < -0.3 is 15.4 Å². The minimum atomic E-state index is -0.169. The van der Waals surface area contributed by atoms with E-state index in [1.54, 1.807) is 0 Å². The van der Waals surface area contributed by atoms with Crippen LogP contribution in [-0.2, 0) is 9.53 Å². The molecule has 0 aliphatic carbocycles. The molecule has 2 N–H and O–H groups in total. The summed E-state index contributed by atoms with van der Waals surface area (Å²) in [6.45, 7) is 11.2. The molecular weight excluding hydrogens is 204 g/mol. The van der Waals surface area contributed by atoms with Crippen molar-refractivity contribution in [3.05, 3.63) is 0 Å². The van der Waals surface area contributed by atoms with Gasteiger partial charge in [-0.25, -0.2) is 0 Å². The van der Waals surface area contributed by atoms with E-state index in [0.29, 0.717) is 6.54 Å². The molecule has 4 heteroatoms. The summed E-state index contributed by atoms with van der Waals surface area (Å²) in [6, 6.07) is 0. The molecule has 0 aromatic carbocycles. The third-order valence-electron chi connectivity index (χ3n) is 3.05. The zero-order valence-electron chi connectivity index (χ0n) is 11.0. The van der Waals surface area contributed by atoms with Gasteiger partial charge in [-0.15, -0.1) is 0 Å². The lowest BCUT2D eigenvalue weighted by molar-refractivity contribution is -0.122. The maximum absolute atomic E-state index is 11.6. The zero-order chi connectivity index (χ0) is 12.4. The van der Waals surface area contributed by atoms with Crippen molar-refractivity contribution in [2.45, 2.75) is 58.2 Å². The predicted octanol–water partition coefficient (Wildman–Crippen LogP) is 1.06. The molecule has 0 saturated carbocycles. The van der Waals surface area contributed by atoms with E-state index in [1.165, 1.54) is 0 Å². The second kappa shape index (κ2) is 4.72. The lowest BCUT2D eigenvalue weighted by atomic mass is 9.95. The summed E-state index contributed by atoms with van der Waals surface area (Å²) in [5.41, 5.74) is -0.243. The first kappa shape index (κ1) is 13.5. The van der Waals surface area contributed by atoms with Crippen LogP contribution in [0.4, 0.5) is 0 Å². The molecule has 2 unspecified atom stereocenters. The quantitative estimate of drug-likeness (QED) is 0.759. The van der Waals surface area contributed by atoms with Gasteiger partial charge in [-0.3, -0.25) is 4.79 Å². The minimum Gasteiger partial charge on any atom is -0.377 e. The summed E-state index contributed by atoms with van der Waals surface area (Å²) < 4.78 is 5.51. The zero-order valence-corrected chi connectivity index (χ0v) is 11.0. The lowest BCUT2D eigenvalue weighted by Crippen LogP contribution is -2.53. The normalized spacial score (nSPS) is 30.4. The minimum absolute atomic E-state index is 0.0350. The molecule has 0 spiro atoms. The Kier molecular flexibility index (Phi) is 3.97. The standard InChI is InChI=1S/C12H24N2O2/c1-9-12(5,6-7-16-9)13-8-10(15)14-11(2,3)4/h9,13H,6-8H2,1-5H3,(H,14,15). The number of carbonyl (C=O) groups is 1. The summed E-state index contributed by atoms with van der Waals surface area (Å²) in [5.74, 6) is 0.0350. The van der Waals surface area contributed by atoms with Gasteiger partial charge in [0, 0.05) is 17.7 Å². The van der Waals surface area contributed by atoms with Crippen LogP contribution in [0.25, 0.3) is 0 Å². The van der Waals surface area contributed by atoms with Crippen LogP contribution in [0.2, 0.25) is 0 Å². The largest absolute Gasteiger partial charge is 0.377 e. The van der Waals surface area contributed by atoms with Gasteiger partial charge in [0.15, 0.2) is 0 Å². The van der Waals surface area contributed by atoms with Crippen LogP contribution >= 0.6 is 0 Å². The van der Waals surface area contributed by atoms with E-state index in [4.69, 9.17) is 4.74 Å². The Balaban J connectivity index is 2.37. The maximum Gasteiger partial charge on any atom is 0.234 e. The molecule has 0 aromatic rings. The van der Waals surface area contributed by atoms with Crippen LogP contribution in [0, 0.1) is 0 Å².